The highest BCUT2D eigenvalue weighted by atomic mass is 32.2. The molecule has 5 nitrogen and oxygen atoms in total. The summed E-state index contributed by atoms with van der Waals surface area (Å²) in [4.78, 5) is 11.6. The van der Waals surface area contributed by atoms with E-state index in [0.29, 0.717) is 11.4 Å². The fraction of sp³-hybridized carbons (Fsp3) is 0.533. The topological polar surface area (TPSA) is 63.7 Å². The molecule has 0 atom stereocenters. The molecule has 1 rings (SSSR count). The van der Waals surface area contributed by atoms with Crippen molar-refractivity contribution in [3.63, 3.8) is 0 Å². The van der Waals surface area contributed by atoms with E-state index in [1.165, 1.54) is 11.4 Å². The van der Waals surface area contributed by atoms with Gasteiger partial charge in [-0.1, -0.05) is 24.6 Å². The van der Waals surface area contributed by atoms with Crippen LogP contribution in [0.3, 0.4) is 0 Å². The Labute approximate surface area is 127 Å². The van der Waals surface area contributed by atoms with Crippen LogP contribution in [-0.4, -0.2) is 38.9 Å². The van der Waals surface area contributed by atoms with E-state index in [2.05, 4.69) is 4.74 Å². The maximum absolute atomic E-state index is 12.8. The molecule has 0 aliphatic heterocycles. The quantitative estimate of drug-likeness (QED) is 0.755. The number of carbonyl (C=O) groups is 1. The number of benzene rings is 1. The van der Waals surface area contributed by atoms with Crippen LogP contribution in [0.4, 0.5) is 0 Å². The molecule has 0 heterocycles. The lowest BCUT2D eigenvalue weighted by molar-refractivity contribution is -0.140. The van der Waals surface area contributed by atoms with Gasteiger partial charge in [0, 0.05) is 13.1 Å². The van der Waals surface area contributed by atoms with E-state index in [1.807, 2.05) is 19.1 Å². The molecule has 0 aliphatic rings. The molecule has 0 aromatic heterocycles. The maximum Gasteiger partial charge on any atom is 0.306 e. The van der Waals surface area contributed by atoms with Crippen LogP contribution in [0.2, 0.25) is 0 Å². The lowest BCUT2D eigenvalue weighted by Gasteiger charge is -2.22. The molecule has 0 radical (unpaired) electrons. The second kappa shape index (κ2) is 7.04. The first-order valence-electron chi connectivity index (χ1n) is 6.88. The van der Waals surface area contributed by atoms with Crippen molar-refractivity contribution in [1.29, 1.82) is 0 Å². The smallest absolute Gasteiger partial charge is 0.306 e. The normalized spacial score (nSPS) is 11.7. The van der Waals surface area contributed by atoms with Crippen LogP contribution >= 0.6 is 0 Å². The van der Waals surface area contributed by atoms with Gasteiger partial charge < -0.3 is 4.74 Å². The third-order valence-corrected chi connectivity index (χ3v) is 5.63. The fourth-order valence-electron chi connectivity index (χ4n) is 2.47. The number of ether oxygens (including phenoxy) is 1. The number of hydrogen-bond acceptors (Lipinski definition) is 4. The van der Waals surface area contributed by atoms with Crippen LogP contribution in [0.25, 0.3) is 0 Å². The van der Waals surface area contributed by atoms with Crippen LogP contribution in [0.1, 0.15) is 30.0 Å². The molecule has 0 saturated heterocycles. The first kappa shape index (κ1) is 17.7. The van der Waals surface area contributed by atoms with Crippen LogP contribution in [0, 0.1) is 20.8 Å². The predicted octanol–water partition coefficient (Wildman–Crippen LogP) is 2.19. The zero-order valence-electron chi connectivity index (χ0n) is 13.3. The standard InChI is InChI=1S/C15H23NO4S/c1-6-16(8-7-14(17)20-5)21(18,19)15-12(3)9-11(2)10-13(15)4/h9-10H,6-8H2,1-5H3. The first-order chi connectivity index (χ1) is 9.73. The van der Waals surface area contributed by atoms with E-state index in [-0.39, 0.29) is 13.0 Å². The summed E-state index contributed by atoms with van der Waals surface area (Å²) in [5.74, 6) is -0.416. The second-order valence-electron chi connectivity index (χ2n) is 5.05. The van der Waals surface area contributed by atoms with Gasteiger partial charge in [-0.2, -0.15) is 4.31 Å². The summed E-state index contributed by atoms with van der Waals surface area (Å²) in [5.41, 5.74) is 2.48. The highest BCUT2D eigenvalue weighted by Crippen LogP contribution is 2.25. The second-order valence-corrected chi connectivity index (χ2v) is 6.93. The molecule has 0 N–H and O–H groups in total. The number of aryl methyl sites for hydroxylation is 3. The SMILES string of the molecule is CCN(CCC(=O)OC)S(=O)(=O)c1c(C)cc(C)cc1C. The molecule has 1 aromatic carbocycles. The number of esters is 1. The third kappa shape index (κ3) is 4.04. The summed E-state index contributed by atoms with van der Waals surface area (Å²) in [6.45, 7) is 7.71. The number of methoxy groups -OCH3 is 1. The molecule has 0 fully saturated rings. The van der Waals surface area contributed by atoms with Crippen LogP contribution in [0.15, 0.2) is 17.0 Å². The van der Waals surface area contributed by atoms with Gasteiger partial charge in [-0.3, -0.25) is 4.79 Å². The Morgan fingerprint density at radius 3 is 2.14 bits per heavy atom. The Kier molecular flexibility index (Phi) is 5.92. The summed E-state index contributed by atoms with van der Waals surface area (Å²) in [7, 11) is -2.31. The number of sulfonamides is 1. The summed E-state index contributed by atoms with van der Waals surface area (Å²) >= 11 is 0. The van der Waals surface area contributed by atoms with E-state index < -0.39 is 16.0 Å². The molecule has 0 bridgehead atoms. The number of nitrogens with zero attached hydrogens (tertiary/aromatic N) is 1. The number of hydrogen-bond donors (Lipinski definition) is 0. The molecule has 0 spiro atoms. The van der Waals surface area contributed by atoms with Crippen molar-refractivity contribution < 1.29 is 17.9 Å². The molecule has 118 valence electrons. The average molecular weight is 313 g/mol. The van der Waals surface area contributed by atoms with Gasteiger partial charge >= 0.3 is 5.97 Å². The van der Waals surface area contributed by atoms with Gasteiger partial charge in [-0.15, -0.1) is 0 Å². The van der Waals surface area contributed by atoms with Gasteiger partial charge in [-0.25, -0.2) is 8.42 Å². The van der Waals surface area contributed by atoms with Crippen molar-refractivity contribution in [2.45, 2.75) is 39.0 Å². The van der Waals surface area contributed by atoms with E-state index in [4.69, 9.17) is 0 Å². The highest BCUT2D eigenvalue weighted by Gasteiger charge is 2.27. The van der Waals surface area contributed by atoms with Gasteiger partial charge in [0.1, 0.15) is 0 Å². The van der Waals surface area contributed by atoms with E-state index in [9.17, 15) is 13.2 Å². The van der Waals surface area contributed by atoms with Crippen LogP contribution < -0.4 is 0 Å². The summed E-state index contributed by atoms with van der Waals surface area (Å²) < 4.78 is 31.5. The van der Waals surface area contributed by atoms with Crippen molar-refractivity contribution in [2.75, 3.05) is 20.2 Å². The monoisotopic (exact) mass is 313 g/mol. The Hall–Kier alpha value is -1.40. The van der Waals surface area contributed by atoms with Crippen molar-refractivity contribution >= 4 is 16.0 Å². The number of carbonyl (C=O) groups excluding carboxylic acids is 1. The Balaban J connectivity index is 3.16. The predicted molar refractivity (Wildman–Crippen MR) is 81.7 cm³/mol. The summed E-state index contributed by atoms with van der Waals surface area (Å²) in [5, 5.41) is 0. The summed E-state index contributed by atoms with van der Waals surface area (Å²) in [6.07, 6.45) is 0.0491. The highest BCUT2D eigenvalue weighted by molar-refractivity contribution is 7.89. The molecular formula is C15H23NO4S. The van der Waals surface area contributed by atoms with Crippen LogP contribution in [-0.2, 0) is 19.6 Å². The lowest BCUT2D eigenvalue weighted by atomic mass is 10.1. The molecule has 0 amide bonds. The summed E-state index contributed by atoms with van der Waals surface area (Å²) in [6, 6.07) is 3.71. The zero-order chi connectivity index (χ0) is 16.2. The van der Waals surface area contributed by atoms with Gasteiger partial charge in [-0.05, 0) is 31.9 Å². The van der Waals surface area contributed by atoms with Crippen molar-refractivity contribution in [3.8, 4) is 0 Å². The van der Waals surface area contributed by atoms with E-state index in [1.54, 1.807) is 20.8 Å². The largest absolute Gasteiger partial charge is 0.469 e. The van der Waals surface area contributed by atoms with Crippen LogP contribution in [0.5, 0.6) is 0 Å². The van der Waals surface area contributed by atoms with Crippen molar-refractivity contribution in [1.82, 2.24) is 4.31 Å². The molecule has 0 aliphatic carbocycles. The Morgan fingerprint density at radius 1 is 1.19 bits per heavy atom. The fourth-order valence-corrected chi connectivity index (χ4v) is 4.33. The molecular weight excluding hydrogens is 290 g/mol. The molecule has 0 unspecified atom stereocenters. The maximum atomic E-state index is 12.8. The average Bonchev–Trinajstić information content (AvgIpc) is 2.36. The van der Waals surface area contributed by atoms with E-state index >= 15 is 0 Å². The first-order valence-corrected chi connectivity index (χ1v) is 8.32. The van der Waals surface area contributed by atoms with Gasteiger partial charge in [0.2, 0.25) is 10.0 Å². The zero-order valence-corrected chi connectivity index (χ0v) is 14.1. The Bertz CT molecular complexity index is 600. The minimum atomic E-state index is -3.61. The minimum Gasteiger partial charge on any atom is -0.469 e. The van der Waals surface area contributed by atoms with Crippen molar-refractivity contribution in [2.24, 2.45) is 0 Å². The minimum absolute atomic E-state index is 0.0491. The Morgan fingerprint density at radius 2 is 1.71 bits per heavy atom. The van der Waals surface area contributed by atoms with Gasteiger partial charge in [0.05, 0.1) is 18.4 Å². The molecule has 6 heteroatoms. The molecule has 0 saturated carbocycles. The van der Waals surface area contributed by atoms with Gasteiger partial charge in [0.15, 0.2) is 0 Å². The number of rotatable bonds is 6. The third-order valence-electron chi connectivity index (χ3n) is 3.35. The van der Waals surface area contributed by atoms with E-state index in [0.717, 1.165) is 16.7 Å². The van der Waals surface area contributed by atoms with Gasteiger partial charge in [0.25, 0.3) is 0 Å². The lowest BCUT2D eigenvalue weighted by Crippen LogP contribution is -2.34. The molecule has 1 aromatic rings. The molecule has 21 heavy (non-hydrogen) atoms. The van der Waals surface area contributed by atoms with Crippen molar-refractivity contribution in [3.05, 3.63) is 28.8 Å².